The maximum atomic E-state index is 12.2. The molecule has 2 aliphatic rings. The molecular formula is C35H44N4O5. The first-order valence-corrected chi connectivity index (χ1v) is 15.9. The van der Waals surface area contributed by atoms with Crippen molar-refractivity contribution in [3.8, 4) is 11.6 Å². The van der Waals surface area contributed by atoms with Crippen molar-refractivity contribution in [2.45, 2.75) is 84.7 Å². The number of pyridine rings is 1. The number of carbonyl (C=O) groups excluding carboxylic acids is 1. The third-order valence-corrected chi connectivity index (χ3v) is 9.23. The molecular weight excluding hydrogens is 556 g/mol. The number of carboxylic acid groups (broad SMARTS) is 1. The number of aliphatic hydroxyl groups excluding tert-OH is 1. The van der Waals surface area contributed by atoms with Gasteiger partial charge in [-0.25, -0.2) is 14.5 Å². The van der Waals surface area contributed by atoms with E-state index in [0.29, 0.717) is 49.5 Å². The molecule has 2 N–H and O–H groups in total. The van der Waals surface area contributed by atoms with Crippen LogP contribution in [0.4, 0.5) is 0 Å². The SMILES string of the molecule is CCc1cc(OCC2=C(c3cccc(-n4ncc(C(=O)O)c4CC)n3)CCCC2C)ccc1C1CCN(C(=O)C(C)O)CC1. The number of hydrogen-bond donors (Lipinski definition) is 2. The van der Waals surface area contributed by atoms with E-state index in [9.17, 15) is 19.8 Å². The Morgan fingerprint density at radius 2 is 1.86 bits per heavy atom. The number of piperidine rings is 1. The number of rotatable bonds is 10. The van der Waals surface area contributed by atoms with Crippen molar-refractivity contribution in [3.05, 3.63) is 76.2 Å². The van der Waals surface area contributed by atoms with Crippen LogP contribution >= 0.6 is 0 Å². The molecule has 2 unspecified atom stereocenters. The highest BCUT2D eigenvalue weighted by Gasteiger charge is 2.27. The summed E-state index contributed by atoms with van der Waals surface area (Å²) in [7, 11) is 0. The molecule has 9 heteroatoms. The van der Waals surface area contributed by atoms with Gasteiger partial charge in [-0.2, -0.15) is 5.10 Å². The minimum absolute atomic E-state index is 0.185. The van der Waals surface area contributed by atoms with Gasteiger partial charge < -0.3 is 19.8 Å². The molecule has 2 atom stereocenters. The van der Waals surface area contributed by atoms with Gasteiger partial charge in [-0.3, -0.25) is 4.79 Å². The van der Waals surface area contributed by atoms with Crippen molar-refractivity contribution in [1.29, 1.82) is 0 Å². The predicted molar refractivity (Wildman–Crippen MR) is 169 cm³/mol. The summed E-state index contributed by atoms with van der Waals surface area (Å²) in [6.45, 7) is 9.69. The smallest absolute Gasteiger partial charge is 0.339 e. The third-order valence-electron chi connectivity index (χ3n) is 9.23. The van der Waals surface area contributed by atoms with Crippen molar-refractivity contribution in [1.82, 2.24) is 19.7 Å². The molecule has 1 fully saturated rings. The summed E-state index contributed by atoms with van der Waals surface area (Å²) in [5, 5.41) is 23.6. The van der Waals surface area contributed by atoms with Crippen LogP contribution in [0.3, 0.4) is 0 Å². The lowest BCUT2D eigenvalue weighted by atomic mass is 9.82. The maximum Gasteiger partial charge on any atom is 0.339 e. The van der Waals surface area contributed by atoms with E-state index in [2.05, 4.69) is 37.1 Å². The lowest BCUT2D eigenvalue weighted by Crippen LogP contribution is -2.42. The maximum absolute atomic E-state index is 12.2. The van der Waals surface area contributed by atoms with Crippen molar-refractivity contribution in [2.24, 2.45) is 5.92 Å². The summed E-state index contributed by atoms with van der Waals surface area (Å²) in [6, 6.07) is 12.3. The first-order valence-electron chi connectivity index (χ1n) is 15.9. The van der Waals surface area contributed by atoms with Gasteiger partial charge in [0.25, 0.3) is 5.91 Å². The largest absolute Gasteiger partial charge is 0.489 e. The molecule has 5 rings (SSSR count). The normalized spacial score (nSPS) is 18.4. The van der Waals surface area contributed by atoms with Crippen molar-refractivity contribution >= 4 is 17.4 Å². The van der Waals surface area contributed by atoms with Crippen molar-refractivity contribution in [2.75, 3.05) is 19.7 Å². The fraction of sp³-hybridized carbons (Fsp3) is 0.486. The number of carboxylic acids is 1. The Kier molecular flexibility index (Phi) is 9.84. The molecule has 234 valence electrons. The van der Waals surface area contributed by atoms with Crippen LogP contribution in [0.2, 0.25) is 0 Å². The van der Waals surface area contributed by atoms with Crippen molar-refractivity contribution in [3.63, 3.8) is 0 Å². The summed E-state index contributed by atoms with van der Waals surface area (Å²) in [6.07, 6.45) is 6.75. The summed E-state index contributed by atoms with van der Waals surface area (Å²) in [5.41, 5.74) is 6.76. The number of benzene rings is 1. The zero-order valence-corrected chi connectivity index (χ0v) is 26.3. The number of nitrogens with zero attached hydrogens (tertiary/aromatic N) is 4. The molecule has 0 spiro atoms. The molecule has 44 heavy (non-hydrogen) atoms. The van der Waals surface area contributed by atoms with E-state index in [1.165, 1.54) is 35.4 Å². The van der Waals surface area contributed by atoms with Crippen LogP contribution in [0.25, 0.3) is 11.4 Å². The zero-order valence-electron chi connectivity index (χ0n) is 26.3. The van der Waals surface area contributed by atoms with Crippen LogP contribution in [-0.4, -0.2) is 67.6 Å². The molecule has 2 aromatic heterocycles. The summed E-state index contributed by atoms with van der Waals surface area (Å²) >= 11 is 0. The Hall–Kier alpha value is -3.98. The van der Waals surface area contributed by atoms with Gasteiger partial charge in [0.2, 0.25) is 0 Å². The minimum Gasteiger partial charge on any atom is -0.489 e. The van der Waals surface area contributed by atoms with E-state index in [1.54, 1.807) is 9.58 Å². The topological polar surface area (TPSA) is 118 Å². The average Bonchev–Trinajstić information content (AvgIpc) is 3.48. The minimum atomic E-state index is -0.985. The molecule has 0 bridgehead atoms. The second kappa shape index (κ2) is 13.8. The molecule has 1 saturated heterocycles. The molecule has 3 aromatic rings. The molecule has 0 saturated carbocycles. The quantitative estimate of drug-likeness (QED) is 0.301. The Bertz CT molecular complexity index is 1530. The molecule has 1 aliphatic heterocycles. The van der Waals surface area contributed by atoms with Gasteiger partial charge in [-0.15, -0.1) is 0 Å². The molecule has 0 radical (unpaired) electrons. The number of aromatic carboxylic acids is 1. The fourth-order valence-electron chi connectivity index (χ4n) is 6.75. The summed E-state index contributed by atoms with van der Waals surface area (Å²) < 4.78 is 8.10. The number of amides is 1. The molecule has 3 heterocycles. The Morgan fingerprint density at radius 3 is 2.55 bits per heavy atom. The van der Waals surface area contributed by atoms with Gasteiger partial charge in [0.15, 0.2) is 5.82 Å². The zero-order chi connectivity index (χ0) is 31.4. The number of aromatic nitrogens is 3. The predicted octanol–water partition coefficient (Wildman–Crippen LogP) is 5.83. The summed E-state index contributed by atoms with van der Waals surface area (Å²) in [4.78, 5) is 30.6. The highest BCUT2D eigenvalue weighted by Crippen LogP contribution is 2.37. The number of likely N-dealkylation sites (tertiary alicyclic amines) is 1. The van der Waals surface area contributed by atoms with E-state index in [4.69, 9.17) is 9.72 Å². The lowest BCUT2D eigenvalue weighted by molar-refractivity contribution is -0.140. The number of aryl methyl sites for hydroxylation is 1. The monoisotopic (exact) mass is 600 g/mol. The highest BCUT2D eigenvalue weighted by atomic mass is 16.5. The second-order valence-electron chi connectivity index (χ2n) is 12.0. The fourth-order valence-corrected chi connectivity index (χ4v) is 6.75. The number of carbonyl (C=O) groups is 2. The van der Waals surface area contributed by atoms with Gasteiger partial charge in [0, 0.05) is 13.1 Å². The number of aliphatic hydroxyl groups is 1. The molecule has 9 nitrogen and oxygen atoms in total. The Balaban J connectivity index is 1.35. The Morgan fingerprint density at radius 1 is 1.09 bits per heavy atom. The number of ether oxygens (including phenoxy) is 1. The van der Waals surface area contributed by atoms with Crippen LogP contribution < -0.4 is 4.74 Å². The second-order valence-corrected chi connectivity index (χ2v) is 12.0. The molecule has 1 amide bonds. The van der Waals surface area contributed by atoms with Crippen molar-refractivity contribution < 1.29 is 24.5 Å². The van der Waals surface area contributed by atoms with E-state index >= 15 is 0 Å². The first-order chi connectivity index (χ1) is 21.2. The third kappa shape index (κ3) is 6.58. The average molecular weight is 601 g/mol. The van der Waals surface area contributed by atoms with Crippen LogP contribution in [0, 0.1) is 5.92 Å². The van der Waals surface area contributed by atoms with Gasteiger partial charge in [0.1, 0.15) is 24.0 Å². The summed E-state index contributed by atoms with van der Waals surface area (Å²) in [5.74, 6) is 1.04. The molecule has 1 aliphatic carbocycles. The van der Waals surface area contributed by atoms with Crippen LogP contribution in [0.15, 0.2) is 48.2 Å². The van der Waals surface area contributed by atoms with E-state index < -0.39 is 12.1 Å². The highest BCUT2D eigenvalue weighted by molar-refractivity contribution is 5.88. The van der Waals surface area contributed by atoms with Gasteiger partial charge in [0.05, 0.1) is 17.6 Å². The van der Waals surface area contributed by atoms with E-state index in [1.807, 2.05) is 25.1 Å². The number of allylic oxidation sites excluding steroid dienone is 1. The molecule has 1 aromatic carbocycles. The lowest BCUT2D eigenvalue weighted by Gasteiger charge is -2.33. The van der Waals surface area contributed by atoms with Crippen LogP contribution in [0.1, 0.15) is 98.6 Å². The number of hydrogen-bond acceptors (Lipinski definition) is 6. The standard InChI is InChI=1S/C35H44N4O5/c1-5-24-19-26(13-14-27(24)25-15-17-38(18-16-25)34(41)23(4)40)44-21-30-22(3)9-7-10-28(30)31-11-8-12-33(37-31)39-32(6-2)29(20-36-39)35(42)43/h8,11-14,19-20,22-23,25,40H,5-7,9-10,15-18,21H2,1-4H3,(H,42,43). The first kappa shape index (κ1) is 31.4. The van der Waals surface area contributed by atoms with Crippen LogP contribution in [0.5, 0.6) is 5.75 Å². The van der Waals surface area contributed by atoms with E-state index in [-0.39, 0.29) is 11.5 Å². The van der Waals surface area contributed by atoms with Crippen LogP contribution in [-0.2, 0) is 17.6 Å². The van der Waals surface area contributed by atoms with Gasteiger partial charge in [-0.1, -0.05) is 32.9 Å². The van der Waals surface area contributed by atoms with Gasteiger partial charge >= 0.3 is 5.97 Å². The Labute approximate surface area is 259 Å². The van der Waals surface area contributed by atoms with E-state index in [0.717, 1.165) is 50.0 Å². The van der Waals surface area contributed by atoms with Gasteiger partial charge in [-0.05, 0) is 110 Å².